The van der Waals surface area contributed by atoms with Gasteiger partial charge in [-0.15, -0.1) is 0 Å². The highest BCUT2D eigenvalue weighted by atomic mass is 16.5. The minimum Gasteiger partial charge on any atom is -0.481 e. The molecule has 0 spiro atoms. The average Bonchev–Trinajstić information content (AvgIpc) is 2.38. The summed E-state index contributed by atoms with van der Waals surface area (Å²) in [7, 11) is 1.79. The van der Waals surface area contributed by atoms with Crippen molar-refractivity contribution >= 4 is 5.91 Å². The number of hydrogen-bond donors (Lipinski definition) is 1. The van der Waals surface area contributed by atoms with Crippen LogP contribution in [-0.4, -0.2) is 41.7 Å². The van der Waals surface area contributed by atoms with E-state index in [1.807, 2.05) is 31.2 Å². The number of hydrogen-bond acceptors (Lipinski definition) is 3. The van der Waals surface area contributed by atoms with Gasteiger partial charge in [0.15, 0.2) is 6.10 Å². The van der Waals surface area contributed by atoms with Crippen LogP contribution in [0.25, 0.3) is 0 Å². The summed E-state index contributed by atoms with van der Waals surface area (Å²) in [5, 5.41) is 9.27. The largest absolute Gasteiger partial charge is 0.481 e. The SMILES string of the molecule is Cc1ccc(OC(C)C(=O)N(C)CC2CC(O)C2)cc1. The highest BCUT2D eigenvalue weighted by Crippen LogP contribution is 2.27. The van der Waals surface area contributed by atoms with E-state index in [-0.39, 0.29) is 12.0 Å². The topological polar surface area (TPSA) is 49.8 Å². The Hall–Kier alpha value is -1.55. The van der Waals surface area contributed by atoms with Crippen molar-refractivity contribution in [3.63, 3.8) is 0 Å². The molecule has 1 amide bonds. The Morgan fingerprint density at radius 3 is 2.55 bits per heavy atom. The van der Waals surface area contributed by atoms with Crippen LogP contribution in [0.1, 0.15) is 25.3 Å². The molecule has 1 atom stereocenters. The van der Waals surface area contributed by atoms with Crippen LogP contribution < -0.4 is 4.74 Å². The van der Waals surface area contributed by atoms with E-state index < -0.39 is 6.10 Å². The summed E-state index contributed by atoms with van der Waals surface area (Å²) in [5.74, 6) is 1.11. The maximum absolute atomic E-state index is 12.2. The van der Waals surface area contributed by atoms with E-state index in [9.17, 15) is 9.90 Å². The number of aryl methyl sites for hydroxylation is 1. The van der Waals surface area contributed by atoms with Crippen LogP contribution in [0.2, 0.25) is 0 Å². The zero-order chi connectivity index (χ0) is 14.7. The van der Waals surface area contributed by atoms with Gasteiger partial charge >= 0.3 is 0 Å². The molecule has 0 saturated heterocycles. The molecule has 1 aliphatic carbocycles. The van der Waals surface area contributed by atoms with E-state index in [1.165, 1.54) is 0 Å². The zero-order valence-corrected chi connectivity index (χ0v) is 12.4. The number of nitrogens with zero attached hydrogens (tertiary/aromatic N) is 1. The molecule has 1 aromatic carbocycles. The van der Waals surface area contributed by atoms with Gasteiger partial charge in [-0.1, -0.05) is 17.7 Å². The Morgan fingerprint density at radius 1 is 1.40 bits per heavy atom. The van der Waals surface area contributed by atoms with Gasteiger partial charge in [0.2, 0.25) is 0 Å². The first-order valence-corrected chi connectivity index (χ1v) is 7.12. The second-order valence-electron chi connectivity index (χ2n) is 5.78. The fourth-order valence-electron chi connectivity index (χ4n) is 2.51. The summed E-state index contributed by atoms with van der Waals surface area (Å²) >= 11 is 0. The van der Waals surface area contributed by atoms with Gasteiger partial charge in [0.1, 0.15) is 5.75 Å². The minimum absolute atomic E-state index is 0.0213. The Labute approximate surface area is 120 Å². The lowest BCUT2D eigenvalue weighted by atomic mass is 9.82. The van der Waals surface area contributed by atoms with Gasteiger partial charge in [0.25, 0.3) is 5.91 Å². The van der Waals surface area contributed by atoms with Crippen molar-refractivity contribution in [2.75, 3.05) is 13.6 Å². The van der Waals surface area contributed by atoms with Crippen molar-refractivity contribution in [1.29, 1.82) is 0 Å². The first kappa shape index (κ1) is 14.9. The van der Waals surface area contributed by atoms with E-state index in [1.54, 1.807) is 18.9 Å². The molecule has 1 fully saturated rings. The Morgan fingerprint density at radius 2 is 2.00 bits per heavy atom. The molecule has 0 aliphatic heterocycles. The molecule has 4 nitrogen and oxygen atoms in total. The predicted molar refractivity (Wildman–Crippen MR) is 77.6 cm³/mol. The van der Waals surface area contributed by atoms with E-state index in [0.29, 0.717) is 18.2 Å². The van der Waals surface area contributed by atoms with Gasteiger partial charge in [-0.25, -0.2) is 0 Å². The Kier molecular flexibility index (Phi) is 4.65. The summed E-state index contributed by atoms with van der Waals surface area (Å²) in [6.07, 6.45) is 0.924. The van der Waals surface area contributed by atoms with Crippen molar-refractivity contribution in [1.82, 2.24) is 4.90 Å². The molecule has 2 rings (SSSR count). The summed E-state index contributed by atoms with van der Waals surface area (Å²) in [5.41, 5.74) is 1.16. The van der Waals surface area contributed by atoms with Gasteiger partial charge in [-0.2, -0.15) is 0 Å². The second-order valence-corrected chi connectivity index (χ2v) is 5.78. The molecule has 1 aliphatic rings. The lowest BCUT2D eigenvalue weighted by Gasteiger charge is -2.35. The van der Waals surface area contributed by atoms with Crippen LogP contribution in [-0.2, 0) is 4.79 Å². The number of amides is 1. The van der Waals surface area contributed by atoms with Crippen LogP contribution >= 0.6 is 0 Å². The number of carbonyl (C=O) groups is 1. The fourth-order valence-corrected chi connectivity index (χ4v) is 2.51. The maximum atomic E-state index is 12.2. The molecule has 20 heavy (non-hydrogen) atoms. The summed E-state index contributed by atoms with van der Waals surface area (Å²) in [4.78, 5) is 13.9. The molecule has 1 unspecified atom stereocenters. The molecular formula is C16H23NO3. The lowest BCUT2D eigenvalue weighted by molar-refractivity contribution is -0.138. The van der Waals surface area contributed by atoms with Crippen LogP contribution in [0.5, 0.6) is 5.75 Å². The highest BCUT2D eigenvalue weighted by Gasteiger charge is 2.30. The number of aliphatic hydroxyl groups is 1. The molecular weight excluding hydrogens is 254 g/mol. The van der Waals surface area contributed by atoms with Gasteiger partial charge < -0.3 is 14.7 Å². The summed E-state index contributed by atoms with van der Waals surface area (Å²) < 4.78 is 5.67. The normalized spacial score (nSPS) is 22.8. The molecule has 0 radical (unpaired) electrons. The van der Waals surface area contributed by atoms with Gasteiger partial charge in [0, 0.05) is 13.6 Å². The zero-order valence-electron chi connectivity index (χ0n) is 12.4. The average molecular weight is 277 g/mol. The Balaban J connectivity index is 1.83. The van der Waals surface area contributed by atoms with Crippen molar-refractivity contribution in [3.05, 3.63) is 29.8 Å². The maximum Gasteiger partial charge on any atom is 0.263 e. The van der Waals surface area contributed by atoms with Crippen molar-refractivity contribution in [2.45, 2.75) is 38.9 Å². The molecule has 0 heterocycles. The number of rotatable bonds is 5. The first-order valence-electron chi connectivity index (χ1n) is 7.12. The number of ether oxygens (including phenoxy) is 1. The van der Waals surface area contributed by atoms with E-state index in [0.717, 1.165) is 18.4 Å². The summed E-state index contributed by atoms with van der Waals surface area (Å²) in [6.45, 7) is 4.48. The van der Waals surface area contributed by atoms with E-state index in [4.69, 9.17) is 4.74 Å². The standard InChI is InChI=1S/C16H23NO3/c1-11-4-6-15(7-5-11)20-12(2)16(19)17(3)10-13-8-14(18)9-13/h4-7,12-14,18H,8-10H2,1-3H3. The van der Waals surface area contributed by atoms with E-state index in [2.05, 4.69) is 0 Å². The monoisotopic (exact) mass is 277 g/mol. The van der Waals surface area contributed by atoms with Crippen LogP contribution in [0.3, 0.4) is 0 Å². The molecule has 4 heteroatoms. The van der Waals surface area contributed by atoms with Crippen LogP contribution in [0, 0.1) is 12.8 Å². The molecule has 1 N–H and O–H groups in total. The molecule has 1 saturated carbocycles. The third-order valence-corrected chi connectivity index (χ3v) is 3.80. The number of benzene rings is 1. The van der Waals surface area contributed by atoms with Gasteiger partial charge in [-0.3, -0.25) is 4.79 Å². The second kappa shape index (κ2) is 6.27. The summed E-state index contributed by atoms with van der Waals surface area (Å²) in [6, 6.07) is 7.68. The van der Waals surface area contributed by atoms with Crippen molar-refractivity contribution < 1.29 is 14.6 Å². The predicted octanol–water partition coefficient (Wildman–Crippen LogP) is 1.99. The third kappa shape index (κ3) is 3.73. The molecule has 0 bridgehead atoms. The van der Waals surface area contributed by atoms with Crippen molar-refractivity contribution in [2.24, 2.45) is 5.92 Å². The van der Waals surface area contributed by atoms with Gasteiger partial charge in [-0.05, 0) is 44.7 Å². The quantitative estimate of drug-likeness (QED) is 0.895. The smallest absolute Gasteiger partial charge is 0.263 e. The molecule has 110 valence electrons. The van der Waals surface area contributed by atoms with Crippen LogP contribution in [0.4, 0.5) is 0 Å². The van der Waals surface area contributed by atoms with Crippen LogP contribution in [0.15, 0.2) is 24.3 Å². The molecule has 1 aromatic rings. The van der Waals surface area contributed by atoms with Crippen molar-refractivity contribution in [3.8, 4) is 5.75 Å². The van der Waals surface area contributed by atoms with Gasteiger partial charge in [0.05, 0.1) is 6.10 Å². The third-order valence-electron chi connectivity index (χ3n) is 3.80. The first-order chi connectivity index (χ1) is 9.45. The number of aliphatic hydroxyl groups excluding tert-OH is 1. The lowest BCUT2D eigenvalue weighted by Crippen LogP contribution is -2.44. The Bertz CT molecular complexity index is 451. The molecule has 0 aromatic heterocycles. The number of carbonyl (C=O) groups excluding carboxylic acids is 1. The number of likely N-dealkylation sites (N-methyl/N-ethyl adjacent to an activating group) is 1. The minimum atomic E-state index is -0.493. The highest BCUT2D eigenvalue weighted by molar-refractivity contribution is 5.80. The van der Waals surface area contributed by atoms with E-state index >= 15 is 0 Å². The fraction of sp³-hybridized carbons (Fsp3) is 0.562.